The van der Waals surface area contributed by atoms with E-state index in [2.05, 4.69) is 15.5 Å². The van der Waals surface area contributed by atoms with Gasteiger partial charge in [0.2, 0.25) is 0 Å². The van der Waals surface area contributed by atoms with Crippen LogP contribution >= 0.6 is 0 Å². The Bertz CT molecular complexity index is 744. The van der Waals surface area contributed by atoms with Crippen LogP contribution in [0.3, 0.4) is 0 Å². The molecule has 4 rings (SSSR count). The van der Waals surface area contributed by atoms with Gasteiger partial charge in [0.05, 0.1) is 6.26 Å². The van der Waals surface area contributed by atoms with Crippen LogP contribution in [0.4, 0.5) is 5.82 Å². The minimum atomic E-state index is 0.730. The summed E-state index contributed by atoms with van der Waals surface area (Å²) < 4.78 is 7.12. The second-order valence-corrected chi connectivity index (χ2v) is 4.66. The lowest BCUT2D eigenvalue weighted by atomic mass is 10.2. The Balaban J connectivity index is 1.99. The van der Waals surface area contributed by atoms with Gasteiger partial charge in [-0.25, -0.2) is 10.8 Å². The second-order valence-electron chi connectivity index (χ2n) is 4.66. The highest BCUT2D eigenvalue weighted by molar-refractivity contribution is 5.64. The van der Waals surface area contributed by atoms with Crippen molar-refractivity contribution >= 4 is 11.5 Å². The largest absolute Gasteiger partial charge is 0.463 e. The molecule has 0 saturated carbocycles. The summed E-state index contributed by atoms with van der Waals surface area (Å²) in [4.78, 5) is 4.66. The number of aryl methyl sites for hydroxylation is 1. The van der Waals surface area contributed by atoms with E-state index in [1.165, 1.54) is 5.56 Å². The lowest BCUT2D eigenvalue weighted by Gasteiger charge is -2.08. The molecule has 6 heteroatoms. The number of aromatic nitrogens is 3. The van der Waals surface area contributed by atoms with Crippen LogP contribution in [-0.4, -0.2) is 14.6 Å². The highest BCUT2D eigenvalue weighted by Crippen LogP contribution is 2.29. The van der Waals surface area contributed by atoms with E-state index in [9.17, 15) is 0 Å². The number of anilines is 1. The number of fused-ring (bicyclic) bond motifs is 2. The molecule has 0 radical (unpaired) electrons. The molecule has 0 aliphatic heterocycles. The van der Waals surface area contributed by atoms with Gasteiger partial charge in [0, 0.05) is 17.3 Å². The number of hydrogen-bond donors (Lipinski definition) is 2. The maximum Gasteiger partial charge on any atom is 0.158 e. The summed E-state index contributed by atoms with van der Waals surface area (Å²) in [7, 11) is 0. The Morgan fingerprint density at radius 2 is 2.32 bits per heavy atom. The summed E-state index contributed by atoms with van der Waals surface area (Å²) in [6, 6.07) is 5.64. The van der Waals surface area contributed by atoms with Crippen LogP contribution in [0.2, 0.25) is 0 Å². The Labute approximate surface area is 109 Å². The fraction of sp³-hybridized carbons (Fsp3) is 0.231. The Kier molecular flexibility index (Phi) is 2.13. The van der Waals surface area contributed by atoms with Gasteiger partial charge in [0.1, 0.15) is 11.5 Å². The van der Waals surface area contributed by atoms with Crippen LogP contribution in [0.15, 0.2) is 28.9 Å². The van der Waals surface area contributed by atoms with Gasteiger partial charge in [0.25, 0.3) is 0 Å². The van der Waals surface area contributed by atoms with Crippen molar-refractivity contribution in [3.05, 3.63) is 35.7 Å². The maximum atomic E-state index is 5.65. The summed E-state index contributed by atoms with van der Waals surface area (Å²) in [5, 5.41) is 4.52. The number of nitrogens with two attached hydrogens (primary N) is 1. The third kappa shape index (κ3) is 1.47. The minimum absolute atomic E-state index is 0.730. The normalized spacial score (nSPS) is 13.9. The van der Waals surface area contributed by atoms with Crippen molar-refractivity contribution in [3.8, 4) is 11.5 Å². The highest BCUT2D eigenvalue weighted by atomic mass is 16.3. The summed E-state index contributed by atoms with van der Waals surface area (Å²) in [5.74, 6) is 7.21. The third-order valence-electron chi connectivity index (χ3n) is 3.54. The van der Waals surface area contributed by atoms with Gasteiger partial charge in [-0.15, -0.1) is 0 Å². The van der Waals surface area contributed by atoms with Gasteiger partial charge in [-0.3, -0.25) is 0 Å². The van der Waals surface area contributed by atoms with Gasteiger partial charge >= 0.3 is 0 Å². The number of hydrogen-bond acceptors (Lipinski definition) is 5. The van der Waals surface area contributed by atoms with Crippen LogP contribution in [0.5, 0.6) is 0 Å². The van der Waals surface area contributed by atoms with Gasteiger partial charge in [-0.2, -0.15) is 9.61 Å². The summed E-state index contributed by atoms with van der Waals surface area (Å²) >= 11 is 0. The van der Waals surface area contributed by atoms with E-state index in [0.717, 1.165) is 47.9 Å². The van der Waals surface area contributed by atoms with E-state index >= 15 is 0 Å². The molecule has 0 unspecified atom stereocenters. The van der Waals surface area contributed by atoms with E-state index in [4.69, 9.17) is 10.3 Å². The van der Waals surface area contributed by atoms with E-state index in [1.807, 2.05) is 18.2 Å². The van der Waals surface area contributed by atoms with Gasteiger partial charge in [0.15, 0.2) is 11.4 Å². The van der Waals surface area contributed by atoms with Crippen molar-refractivity contribution in [1.29, 1.82) is 0 Å². The number of nitrogens with one attached hydrogen (secondary N) is 1. The molecule has 6 nitrogen and oxygen atoms in total. The van der Waals surface area contributed by atoms with Crippen molar-refractivity contribution in [2.45, 2.75) is 19.3 Å². The van der Waals surface area contributed by atoms with Crippen molar-refractivity contribution in [3.63, 3.8) is 0 Å². The number of hydrazine groups is 1. The number of nitrogen functional groups attached to an aromatic ring is 1. The van der Waals surface area contributed by atoms with Crippen LogP contribution < -0.4 is 11.3 Å². The van der Waals surface area contributed by atoms with Crippen LogP contribution in [0, 0.1) is 0 Å². The first-order chi connectivity index (χ1) is 9.36. The summed E-state index contributed by atoms with van der Waals surface area (Å²) in [6.45, 7) is 0. The third-order valence-corrected chi connectivity index (χ3v) is 3.54. The number of nitrogens with zero attached hydrogens (tertiary/aromatic N) is 3. The zero-order valence-electron chi connectivity index (χ0n) is 10.3. The maximum absolute atomic E-state index is 5.65. The van der Waals surface area contributed by atoms with E-state index in [1.54, 1.807) is 10.8 Å². The number of furan rings is 1. The van der Waals surface area contributed by atoms with Crippen molar-refractivity contribution < 1.29 is 4.42 Å². The van der Waals surface area contributed by atoms with Gasteiger partial charge in [-0.05, 0) is 31.4 Å². The minimum Gasteiger partial charge on any atom is -0.463 e. The molecule has 0 saturated heterocycles. The summed E-state index contributed by atoms with van der Waals surface area (Å²) in [6.07, 6.45) is 4.75. The molecule has 1 aliphatic rings. The lowest BCUT2D eigenvalue weighted by Crippen LogP contribution is -2.15. The molecule has 0 spiro atoms. The zero-order valence-corrected chi connectivity index (χ0v) is 10.3. The molecule has 0 amide bonds. The standard InChI is InChI=1S/C13H13N5O/c14-16-13-8-3-1-4-9(8)15-12-7-10(17-18(12)13)11-5-2-6-19-11/h2,5-7,16H,1,3-4,14H2. The number of rotatable bonds is 2. The average molecular weight is 255 g/mol. The molecule has 3 heterocycles. The molecule has 3 aromatic heterocycles. The Hall–Kier alpha value is -2.34. The molecule has 0 bridgehead atoms. The smallest absolute Gasteiger partial charge is 0.158 e. The van der Waals surface area contributed by atoms with Crippen molar-refractivity contribution in [2.75, 3.05) is 5.43 Å². The van der Waals surface area contributed by atoms with E-state index in [-0.39, 0.29) is 0 Å². The molecule has 0 atom stereocenters. The first kappa shape index (κ1) is 10.6. The summed E-state index contributed by atoms with van der Waals surface area (Å²) in [5.41, 5.74) is 6.60. The highest BCUT2D eigenvalue weighted by Gasteiger charge is 2.21. The second kappa shape index (κ2) is 3.83. The molecule has 0 aromatic carbocycles. The van der Waals surface area contributed by atoms with Crippen LogP contribution in [0.25, 0.3) is 17.1 Å². The molecular weight excluding hydrogens is 242 g/mol. The first-order valence-corrected chi connectivity index (χ1v) is 6.29. The van der Waals surface area contributed by atoms with Crippen LogP contribution in [0.1, 0.15) is 17.7 Å². The molecular formula is C13H13N5O. The van der Waals surface area contributed by atoms with Gasteiger partial charge in [-0.1, -0.05) is 0 Å². The van der Waals surface area contributed by atoms with E-state index in [0.29, 0.717) is 0 Å². The Morgan fingerprint density at radius 3 is 3.11 bits per heavy atom. The first-order valence-electron chi connectivity index (χ1n) is 6.29. The fourth-order valence-electron chi connectivity index (χ4n) is 2.68. The molecule has 96 valence electrons. The predicted molar refractivity (Wildman–Crippen MR) is 70.5 cm³/mol. The molecule has 3 N–H and O–H groups in total. The topological polar surface area (TPSA) is 81.4 Å². The molecule has 0 fully saturated rings. The van der Waals surface area contributed by atoms with E-state index < -0.39 is 0 Å². The molecule has 3 aromatic rings. The van der Waals surface area contributed by atoms with Gasteiger partial charge < -0.3 is 9.84 Å². The SMILES string of the molecule is NNc1c2c(nc3cc(-c4ccco4)nn13)CCC2. The Morgan fingerprint density at radius 1 is 1.37 bits per heavy atom. The van der Waals surface area contributed by atoms with Crippen molar-refractivity contribution in [2.24, 2.45) is 5.84 Å². The monoisotopic (exact) mass is 255 g/mol. The predicted octanol–water partition coefficient (Wildman–Crippen LogP) is 1.76. The quantitative estimate of drug-likeness (QED) is 0.538. The average Bonchev–Trinajstić information content (AvgIpc) is 3.13. The van der Waals surface area contributed by atoms with Crippen molar-refractivity contribution in [1.82, 2.24) is 14.6 Å². The fourth-order valence-corrected chi connectivity index (χ4v) is 2.68. The molecule has 19 heavy (non-hydrogen) atoms. The lowest BCUT2D eigenvalue weighted by molar-refractivity contribution is 0.579. The molecule has 1 aliphatic carbocycles. The van der Waals surface area contributed by atoms with Crippen LogP contribution in [-0.2, 0) is 12.8 Å². The zero-order chi connectivity index (χ0) is 12.8.